The van der Waals surface area contributed by atoms with Crippen LogP contribution in [-0.4, -0.2) is 11.5 Å². The van der Waals surface area contributed by atoms with Crippen molar-refractivity contribution in [2.24, 2.45) is 0 Å². The van der Waals surface area contributed by atoms with Crippen molar-refractivity contribution in [1.82, 2.24) is 4.98 Å². The molecule has 0 spiro atoms. The molecule has 5 heteroatoms. The highest BCUT2D eigenvalue weighted by molar-refractivity contribution is 7.98. The SMILES string of the molecule is CCCNc1cc(CSc2ccc(F)cc2F)ccn1. The Hall–Kier alpha value is -1.62. The molecule has 0 atom stereocenters. The quantitative estimate of drug-likeness (QED) is 0.795. The summed E-state index contributed by atoms with van der Waals surface area (Å²) in [6.07, 6.45) is 2.76. The summed E-state index contributed by atoms with van der Waals surface area (Å²) in [4.78, 5) is 4.67. The Kier molecular flexibility index (Phi) is 5.35. The molecule has 0 aliphatic carbocycles. The van der Waals surface area contributed by atoms with Gasteiger partial charge < -0.3 is 5.32 Å². The van der Waals surface area contributed by atoms with Crippen molar-refractivity contribution in [3.8, 4) is 0 Å². The molecule has 0 saturated heterocycles. The average Bonchev–Trinajstić information content (AvgIpc) is 2.45. The van der Waals surface area contributed by atoms with Gasteiger partial charge in [-0.3, -0.25) is 0 Å². The standard InChI is InChI=1S/C15H16F2N2S/c1-2-6-18-15-8-11(5-7-19-15)10-20-14-4-3-12(16)9-13(14)17/h3-5,7-9H,2,6,10H2,1H3,(H,18,19). The lowest BCUT2D eigenvalue weighted by Crippen LogP contribution is -2.01. The number of hydrogen-bond donors (Lipinski definition) is 1. The second kappa shape index (κ2) is 7.24. The summed E-state index contributed by atoms with van der Waals surface area (Å²) in [5.74, 6) is 0.367. The molecule has 0 unspecified atom stereocenters. The van der Waals surface area contributed by atoms with E-state index < -0.39 is 11.6 Å². The van der Waals surface area contributed by atoms with E-state index in [0.717, 1.165) is 30.4 Å². The van der Waals surface area contributed by atoms with Gasteiger partial charge in [0.1, 0.15) is 17.5 Å². The predicted molar refractivity (Wildman–Crippen MR) is 78.9 cm³/mol. The smallest absolute Gasteiger partial charge is 0.139 e. The van der Waals surface area contributed by atoms with Crippen molar-refractivity contribution in [2.45, 2.75) is 24.0 Å². The number of benzene rings is 1. The van der Waals surface area contributed by atoms with E-state index in [0.29, 0.717) is 10.6 Å². The second-order valence-corrected chi connectivity index (χ2v) is 5.36. The van der Waals surface area contributed by atoms with Crippen molar-refractivity contribution in [1.29, 1.82) is 0 Å². The number of nitrogens with one attached hydrogen (secondary N) is 1. The van der Waals surface area contributed by atoms with Crippen LogP contribution in [0.5, 0.6) is 0 Å². The van der Waals surface area contributed by atoms with Gasteiger partial charge in [0.2, 0.25) is 0 Å². The molecule has 0 aliphatic rings. The Morgan fingerprint density at radius 2 is 2.05 bits per heavy atom. The van der Waals surface area contributed by atoms with Crippen molar-refractivity contribution in [3.63, 3.8) is 0 Å². The van der Waals surface area contributed by atoms with Gasteiger partial charge >= 0.3 is 0 Å². The number of hydrogen-bond acceptors (Lipinski definition) is 3. The maximum absolute atomic E-state index is 13.5. The van der Waals surface area contributed by atoms with E-state index in [1.54, 1.807) is 6.20 Å². The summed E-state index contributed by atoms with van der Waals surface area (Å²) in [6.45, 7) is 2.96. The minimum absolute atomic E-state index is 0.450. The zero-order valence-corrected chi connectivity index (χ0v) is 12.0. The lowest BCUT2D eigenvalue weighted by molar-refractivity contribution is 0.565. The van der Waals surface area contributed by atoms with Crippen LogP contribution in [0.3, 0.4) is 0 Å². The number of rotatable bonds is 6. The van der Waals surface area contributed by atoms with Crippen LogP contribution in [0, 0.1) is 11.6 Å². The number of nitrogens with zero attached hydrogens (tertiary/aromatic N) is 1. The minimum Gasteiger partial charge on any atom is -0.370 e. The Balaban J connectivity index is 1.99. The Morgan fingerprint density at radius 1 is 1.20 bits per heavy atom. The molecule has 2 nitrogen and oxygen atoms in total. The summed E-state index contributed by atoms with van der Waals surface area (Å²) >= 11 is 1.34. The van der Waals surface area contributed by atoms with E-state index in [9.17, 15) is 8.78 Å². The molecule has 0 aliphatic heterocycles. The largest absolute Gasteiger partial charge is 0.370 e. The molecule has 1 aromatic carbocycles. The average molecular weight is 294 g/mol. The van der Waals surface area contributed by atoms with Crippen molar-refractivity contribution in [2.75, 3.05) is 11.9 Å². The summed E-state index contributed by atoms with van der Waals surface area (Å²) in [5.41, 5.74) is 1.05. The number of thioether (sulfide) groups is 1. The fourth-order valence-corrected chi connectivity index (χ4v) is 2.53. The molecule has 0 bridgehead atoms. The molecule has 0 fully saturated rings. The fourth-order valence-electron chi connectivity index (χ4n) is 1.67. The molecular formula is C15H16F2N2S. The van der Waals surface area contributed by atoms with Crippen LogP contribution in [0.25, 0.3) is 0 Å². The van der Waals surface area contributed by atoms with Crippen LogP contribution in [0.1, 0.15) is 18.9 Å². The lowest BCUT2D eigenvalue weighted by atomic mass is 10.3. The monoisotopic (exact) mass is 294 g/mol. The van der Waals surface area contributed by atoms with Crippen LogP contribution >= 0.6 is 11.8 Å². The molecule has 106 valence electrons. The molecule has 2 rings (SSSR count). The third-order valence-electron chi connectivity index (χ3n) is 2.67. The Bertz CT molecular complexity index is 576. The van der Waals surface area contributed by atoms with Gasteiger partial charge in [-0.2, -0.15) is 0 Å². The van der Waals surface area contributed by atoms with Gasteiger partial charge in [0.05, 0.1) is 0 Å². The highest BCUT2D eigenvalue weighted by atomic mass is 32.2. The third-order valence-corrected chi connectivity index (χ3v) is 3.79. The topological polar surface area (TPSA) is 24.9 Å². The highest BCUT2D eigenvalue weighted by Crippen LogP contribution is 2.26. The first-order chi connectivity index (χ1) is 9.69. The van der Waals surface area contributed by atoms with Gasteiger partial charge in [-0.25, -0.2) is 13.8 Å². The summed E-state index contributed by atoms with van der Waals surface area (Å²) in [6, 6.07) is 7.48. The maximum Gasteiger partial charge on any atom is 0.139 e. The van der Waals surface area contributed by atoms with Gasteiger partial charge in [0, 0.05) is 29.5 Å². The van der Waals surface area contributed by atoms with Crippen LogP contribution in [0.4, 0.5) is 14.6 Å². The van der Waals surface area contributed by atoms with Crippen LogP contribution in [0.15, 0.2) is 41.4 Å². The summed E-state index contributed by atoms with van der Waals surface area (Å²) in [7, 11) is 0. The van der Waals surface area contributed by atoms with Gasteiger partial charge in [-0.15, -0.1) is 11.8 Å². The number of anilines is 1. The molecule has 1 aromatic heterocycles. The zero-order valence-electron chi connectivity index (χ0n) is 11.2. The molecule has 20 heavy (non-hydrogen) atoms. The first-order valence-corrected chi connectivity index (χ1v) is 7.44. The summed E-state index contributed by atoms with van der Waals surface area (Å²) in [5, 5.41) is 3.21. The molecule has 0 saturated carbocycles. The molecule has 2 aromatic rings. The normalized spacial score (nSPS) is 10.6. The molecule has 0 amide bonds. The molecule has 1 heterocycles. The lowest BCUT2D eigenvalue weighted by Gasteiger charge is -2.07. The number of aromatic nitrogens is 1. The van der Waals surface area contributed by atoms with Gasteiger partial charge in [-0.05, 0) is 36.2 Å². The van der Waals surface area contributed by atoms with E-state index in [1.165, 1.54) is 23.9 Å². The van der Waals surface area contributed by atoms with Crippen molar-refractivity contribution < 1.29 is 8.78 Å². The Morgan fingerprint density at radius 3 is 2.80 bits per heavy atom. The van der Waals surface area contributed by atoms with Gasteiger partial charge in [-0.1, -0.05) is 6.92 Å². The van der Waals surface area contributed by atoms with Crippen molar-refractivity contribution in [3.05, 3.63) is 53.7 Å². The van der Waals surface area contributed by atoms with E-state index >= 15 is 0 Å². The number of pyridine rings is 1. The Labute approximate surface area is 121 Å². The molecule has 1 N–H and O–H groups in total. The minimum atomic E-state index is -0.554. The first-order valence-electron chi connectivity index (χ1n) is 6.45. The first kappa shape index (κ1) is 14.8. The van der Waals surface area contributed by atoms with Crippen LogP contribution in [-0.2, 0) is 5.75 Å². The van der Waals surface area contributed by atoms with E-state index in [2.05, 4.69) is 17.2 Å². The van der Waals surface area contributed by atoms with E-state index in [4.69, 9.17) is 0 Å². The number of halogens is 2. The highest BCUT2D eigenvalue weighted by Gasteiger charge is 2.05. The fraction of sp³-hybridized carbons (Fsp3) is 0.267. The van der Waals surface area contributed by atoms with Gasteiger partial charge in [0.15, 0.2) is 0 Å². The van der Waals surface area contributed by atoms with Crippen molar-refractivity contribution >= 4 is 17.6 Å². The van der Waals surface area contributed by atoms with Crippen LogP contribution < -0.4 is 5.32 Å². The third kappa shape index (κ3) is 4.20. The van der Waals surface area contributed by atoms with E-state index in [-0.39, 0.29) is 0 Å². The maximum atomic E-state index is 13.5. The van der Waals surface area contributed by atoms with Crippen LogP contribution in [0.2, 0.25) is 0 Å². The summed E-state index contributed by atoms with van der Waals surface area (Å²) < 4.78 is 26.3. The zero-order chi connectivity index (χ0) is 14.4. The predicted octanol–water partition coefficient (Wildman–Crippen LogP) is 4.47. The van der Waals surface area contributed by atoms with E-state index in [1.807, 2.05) is 12.1 Å². The molecular weight excluding hydrogens is 278 g/mol. The second-order valence-electron chi connectivity index (χ2n) is 4.34. The van der Waals surface area contributed by atoms with Gasteiger partial charge in [0.25, 0.3) is 0 Å². The molecule has 0 radical (unpaired) electrons.